The minimum atomic E-state index is -0.182. The number of hydrogen-bond donors (Lipinski definition) is 1. The first-order valence-electron chi connectivity index (χ1n) is 8.36. The molecule has 136 valence electrons. The average Bonchev–Trinajstić information content (AvgIpc) is 3.28. The largest absolute Gasteiger partial charge is 0.334 e. The molecule has 4 aromatic rings. The van der Waals surface area contributed by atoms with E-state index in [-0.39, 0.29) is 18.0 Å². The zero-order valence-corrected chi connectivity index (χ0v) is 15.7. The van der Waals surface area contributed by atoms with Crippen LogP contribution in [-0.4, -0.2) is 37.6 Å². The summed E-state index contributed by atoms with van der Waals surface area (Å²) in [6, 6.07) is 11.4. The Morgan fingerprint density at radius 3 is 2.81 bits per heavy atom. The van der Waals surface area contributed by atoms with Gasteiger partial charge in [0.15, 0.2) is 0 Å². The zero-order chi connectivity index (χ0) is 19.0. The molecule has 0 aliphatic heterocycles. The smallest absolute Gasteiger partial charge is 0.268 e. The van der Waals surface area contributed by atoms with Crippen LogP contribution in [0.1, 0.15) is 21.9 Å². The standard InChI is InChI=1S/C19H17N5O2S/c1-12-14(10-20-24(12)13-6-4-3-5-7-13)19(26)23(2)11-16-21-15-8-9-27-17(15)18(25)22-16/h3-10H,11H2,1-2H3,(H,21,22,25). The number of fused-ring (bicyclic) bond motifs is 1. The summed E-state index contributed by atoms with van der Waals surface area (Å²) >= 11 is 1.35. The molecule has 3 heterocycles. The molecule has 8 heteroatoms. The van der Waals surface area contributed by atoms with Gasteiger partial charge in [0.25, 0.3) is 11.5 Å². The third-order valence-electron chi connectivity index (χ3n) is 4.34. The summed E-state index contributed by atoms with van der Waals surface area (Å²) in [6.07, 6.45) is 1.57. The molecule has 7 nitrogen and oxygen atoms in total. The Labute approximate surface area is 158 Å². The summed E-state index contributed by atoms with van der Waals surface area (Å²) in [5.74, 6) is 0.276. The predicted octanol–water partition coefficient (Wildman–Crippen LogP) is 2.75. The van der Waals surface area contributed by atoms with Crippen LogP contribution >= 0.6 is 11.3 Å². The Bertz CT molecular complexity index is 1180. The lowest BCUT2D eigenvalue weighted by molar-refractivity contribution is 0.0781. The van der Waals surface area contributed by atoms with E-state index in [0.29, 0.717) is 21.6 Å². The number of carbonyl (C=O) groups excluding carboxylic acids is 1. The van der Waals surface area contributed by atoms with Crippen molar-refractivity contribution in [3.63, 3.8) is 0 Å². The molecule has 0 fully saturated rings. The van der Waals surface area contributed by atoms with Gasteiger partial charge in [-0.15, -0.1) is 11.3 Å². The van der Waals surface area contributed by atoms with Crippen molar-refractivity contribution < 1.29 is 4.79 Å². The van der Waals surface area contributed by atoms with Gasteiger partial charge in [0.05, 0.1) is 35.2 Å². The van der Waals surface area contributed by atoms with E-state index in [4.69, 9.17) is 0 Å². The van der Waals surface area contributed by atoms with Crippen LogP contribution < -0.4 is 5.56 Å². The summed E-state index contributed by atoms with van der Waals surface area (Å²) in [5.41, 5.74) is 2.63. The number of benzene rings is 1. The molecule has 0 atom stereocenters. The van der Waals surface area contributed by atoms with E-state index in [1.807, 2.05) is 42.6 Å². The van der Waals surface area contributed by atoms with Crippen LogP contribution in [0.15, 0.2) is 52.8 Å². The molecule has 0 spiro atoms. The molecular formula is C19H17N5O2S. The molecule has 0 unspecified atom stereocenters. The van der Waals surface area contributed by atoms with Gasteiger partial charge < -0.3 is 9.88 Å². The number of hydrogen-bond acceptors (Lipinski definition) is 5. The molecule has 0 bridgehead atoms. The minimum absolute atomic E-state index is 0.178. The van der Waals surface area contributed by atoms with Crippen molar-refractivity contribution in [3.05, 3.63) is 75.4 Å². The molecule has 27 heavy (non-hydrogen) atoms. The lowest BCUT2D eigenvalue weighted by Gasteiger charge is -2.16. The van der Waals surface area contributed by atoms with Crippen molar-refractivity contribution in [1.82, 2.24) is 24.6 Å². The number of thiophene rings is 1. The van der Waals surface area contributed by atoms with Gasteiger partial charge in [0.2, 0.25) is 0 Å². The van der Waals surface area contributed by atoms with E-state index in [1.165, 1.54) is 16.2 Å². The van der Waals surface area contributed by atoms with Crippen LogP contribution in [0.25, 0.3) is 15.9 Å². The molecule has 0 aliphatic rings. The van der Waals surface area contributed by atoms with Gasteiger partial charge in [-0.05, 0) is 30.5 Å². The van der Waals surface area contributed by atoms with Crippen LogP contribution in [0.2, 0.25) is 0 Å². The van der Waals surface area contributed by atoms with E-state index in [9.17, 15) is 9.59 Å². The van der Waals surface area contributed by atoms with Gasteiger partial charge in [-0.3, -0.25) is 9.59 Å². The summed E-state index contributed by atoms with van der Waals surface area (Å²) in [5, 5.41) is 6.17. The van der Waals surface area contributed by atoms with Crippen LogP contribution in [0.3, 0.4) is 0 Å². The van der Waals surface area contributed by atoms with Gasteiger partial charge in [-0.2, -0.15) is 5.10 Å². The van der Waals surface area contributed by atoms with Crippen molar-refractivity contribution >= 4 is 27.5 Å². The maximum absolute atomic E-state index is 12.9. The Balaban J connectivity index is 1.59. The lowest BCUT2D eigenvalue weighted by Crippen LogP contribution is -2.28. The quantitative estimate of drug-likeness (QED) is 0.591. The van der Waals surface area contributed by atoms with Crippen LogP contribution in [-0.2, 0) is 6.54 Å². The van der Waals surface area contributed by atoms with E-state index in [2.05, 4.69) is 15.1 Å². The number of aromatic nitrogens is 4. The number of para-hydroxylation sites is 1. The SMILES string of the molecule is Cc1c(C(=O)N(C)Cc2nc3ccsc3c(=O)[nH]2)cnn1-c1ccccc1. The van der Waals surface area contributed by atoms with E-state index in [0.717, 1.165) is 11.4 Å². The molecule has 1 N–H and O–H groups in total. The molecule has 0 radical (unpaired) electrons. The Morgan fingerprint density at radius 1 is 1.26 bits per heavy atom. The second-order valence-corrected chi connectivity index (χ2v) is 7.12. The fourth-order valence-electron chi connectivity index (χ4n) is 2.95. The van der Waals surface area contributed by atoms with Gasteiger partial charge in [0.1, 0.15) is 10.5 Å². The number of nitrogens with zero attached hydrogens (tertiary/aromatic N) is 4. The highest BCUT2D eigenvalue weighted by Gasteiger charge is 2.20. The molecule has 0 saturated heterocycles. The Hall–Kier alpha value is -3.26. The summed E-state index contributed by atoms with van der Waals surface area (Å²) < 4.78 is 2.33. The average molecular weight is 379 g/mol. The highest BCUT2D eigenvalue weighted by atomic mass is 32.1. The topological polar surface area (TPSA) is 83.9 Å². The molecule has 4 rings (SSSR count). The molecular weight excluding hydrogens is 362 g/mol. The fourth-order valence-corrected chi connectivity index (χ4v) is 3.67. The lowest BCUT2D eigenvalue weighted by atomic mass is 10.2. The van der Waals surface area contributed by atoms with Crippen molar-refractivity contribution in [2.45, 2.75) is 13.5 Å². The van der Waals surface area contributed by atoms with Crippen molar-refractivity contribution in [2.75, 3.05) is 7.05 Å². The molecule has 0 saturated carbocycles. The van der Waals surface area contributed by atoms with E-state index < -0.39 is 0 Å². The van der Waals surface area contributed by atoms with Crippen molar-refractivity contribution in [2.24, 2.45) is 0 Å². The summed E-state index contributed by atoms with van der Waals surface area (Å²) in [4.78, 5) is 33.7. The molecule has 1 amide bonds. The maximum atomic E-state index is 12.9. The number of amides is 1. The molecule has 1 aromatic carbocycles. The number of nitrogens with one attached hydrogen (secondary N) is 1. The summed E-state index contributed by atoms with van der Waals surface area (Å²) in [6.45, 7) is 2.06. The van der Waals surface area contributed by atoms with Crippen LogP contribution in [0.4, 0.5) is 0 Å². The number of rotatable bonds is 4. The Kier molecular flexibility index (Phi) is 4.33. The third kappa shape index (κ3) is 3.15. The first-order chi connectivity index (χ1) is 13.0. The number of H-pyrrole nitrogens is 1. The number of aromatic amines is 1. The fraction of sp³-hybridized carbons (Fsp3) is 0.158. The van der Waals surface area contributed by atoms with E-state index in [1.54, 1.807) is 24.0 Å². The van der Waals surface area contributed by atoms with Crippen LogP contribution in [0, 0.1) is 6.92 Å². The van der Waals surface area contributed by atoms with Crippen LogP contribution in [0.5, 0.6) is 0 Å². The monoisotopic (exact) mass is 379 g/mol. The second kappa shape index (κ2) is 6.81. The van der Waals surface area contributed by atoms with Gasteiger partial charge >= 0.3 is 0 Å². The first-order valence-corrected chi connectivity index (χ1v) is 9.24. The van der Waals surface area contributed by atoms with Crippen molar-refractivity contribution in [3.8, 4) is 5.69 Å². The van der Waals surface area contributed by atoms with E-state index >= 15 is 0 Å². The third-order valence-corrected chi connectivity index (χ3v) is 5.24. The summed E-state index contributed by atoms with van der Waals surface area (Å²) in [7, 11) is 1.68. The highest BCUT2D eigenvalue weighted by Crippen LogP contribution is 2.17. The molecule has 0 aliphatic carbocycles. The predicted molar refractivity (Wildman–Crippen MR) is 104 cm³/mol. The van der Waals surface area contributed by atoms with Gasteiger partial charge in [-0.25, -0.2) is 9.67 Å². The van der Waals surface area contributed by atoms with Gasteiger partial charge in [0, 0.05) is 7.05 Å². The second-order valence-electron chi connectivity index (χ2n) is 6.20. The number of carbonyl (C=O) groups is 1. The zero-order valence-electron chi connectivity index (χ0n) is 14.8. The normalized spacial score (nSPS) is 11.0. The van der Waals surface area contributed by atoms with Crippen molar-refractivity contribution in [1.29, 1.82) is 0 Å². The Morgan fingerprint density at radius 2 is 2.04 bits per heavy atom. The maximum Gasteiger partial charge on any atom is 0.268 e. The van der Waals surface area contributed by atoms with Gasteiger partial charge in [-0.1, -0.05) is 18.2 Å². The highest BCUT2D eigenvalue weighted by molar-refractivity contribution is 7.17. The molecule has 3 aromatic heterocycles. The minimum Gasteiger partial charge on any atom is -0.334 e. The first kappa shape index (κ1) is 17.2.